The molecule has 0 radical (unpaired) electrons. The SMILES string of the molecule is CC(NC(=O)/C(C#N)=C\NCc1ccccc1Cl)c1ccc2c(c1)CCCC2. The Kier molecular flexibility index (Phi) is 6.73. The van der Waals surface area contributed by atoms with Crippen molar-refractivity contribution in [3.8, 4) is 6.07 Å². The van der Waals surface area contributed by atoms with E-state index in [1.807, 2.05) is 31.2 Å². The maximum absolute atomic E-state index is 12.5. The lowest BCUT2D eigenvalue weighted by molar-refractivity contribution is -0.117. The van der Waals surface area contributed by atoms with Crippen molar-refractivity contribution in [2.24, 2.45) is 0 Å². The van der Waals surface area contributed by atoms with Gasteiger partial charge in [-0.1, -0.05) is 48.0 Å². The number of carbonyl (C=O) groups excluding carboxylic acids is 1. The summed E-state index contributed by atoms with van der Waals surface area (Å²) in [4.78, 5) is 12.5. The van der Waals surface area contributed by atoms with Gasteiger partial charge in [-0.15, -0.1) is 0 Å². The molecule has 1 atom stereocenters. The number of aryl methyl sites for hydroxylation is 2. The number of amides is 1. The third-order valence-corrected chi connectivity index (χ3v) is 5.45. The van der Waals surface area contributed by atoms with Crippen LogP contribution in [0.4, 0.5) is 0 Å². The van der Waals surface area contributed by atoms with E-state index < -0.39 is 0 Å². The molecule has 144 valence electrons. The molecule has 2 N–H and O–H groups in total. The number of benzene rings is 2. The first-order valence-electron chi connectivity index (χ1n) is 9.58. The fraction of sp³-hybridized carbons (Fsp3) is 0.304. The summed E-state index contributed by atoms with van der Waals surface area (Å²) in [7, 11) is 0. The van der Waals surface area contributed by atoms with Crippen molar-refractivity contribution in [3.63, 3.8) is 0 Å². The maximum Gasteiger partial charge on any atom is 0.263 e. The number of nitrogens with one attached hydrogen (secondary N) is 2. The van der Waals surface area contributed by atoms with Crippen LogP contribution in [-0.2, 0) is 24.2 Å². The van der Waals surface area contributed by atoms with Crippen molar-refractivity contribution in [1.29, 1.82) is 5.26 Å². The topological polar surface area (TPSA) is 64.9 Å². The predicted molar refractivity (Wildman–Crippen MR) is 112 cm³/mol. The van der Waals surface area contributed by atoms with Crippen LogP contribution in [0.5, 0.6) is 0 Å². The Morgan fingerprint density at radius 3 is 2.71 bits per heavy atom. The fourth-order valence-electron chi connectivity index (χ4n) is 3.43. The van der Waals surface area contributed by atoms with E-state index in [0.717, 1.165) is 24.0 Å². The van der Waals surface area contributed by atoms with E-state index >= 15 is 0 Å². The molecule has 5 heteroatoms. The molecular weight excluding hydrogens is 370 g/mol. The van der Waals surface area contributed by atoms with Crippen LogP contribution in [-0.4, -0.2) is 5.91 Å². The molecular formula is C23H24ClN3O. The lowest BCUT2D eigenvalue weighted by Crippen LogP contribution is -2.28. The minimum atomic E-state index is -0.389. The monoisotopic (exact) mass is 393 g/mol. The normalized spacial score (nSPS) is 14.5. The van der Waals surface area contributed by atoms with E-state index in [1.54, 1.807) is 6.07 Å². The number of hydrogen-bond acceptors (Lipinski definition) is 3. The van der Waals surface area contributed by atoms with Gasteiger partial charge in [-0.3, -0.25) is 4.79 Å². The number of nitriles is 1. The van der Waals surface area contributed by atoms with E-state index in [-0.39, 0.29) is 17.5 Å². The van der Waals surface area contributed by atoms with E-state index in [4.69, 9.17) is 11.6 Å². The number of carbonyl (C=O) groups is 1. The summed E-state index contributed by atoms with van der Waals surface area (Å²) < 4.78 is 0. The number of hydrogen-bond donors (Lipinski definition) is 2. The molecule has 1 amide bonds. The molecule has 1 unspecified atom stereocenters. The highest BCUT2D eigenvalue weighted by atomic mass is 35.5. The van der Waals surface area contributed by atoms with Crippen molar-refractivity contribution in [2.75, 3.05) is 0 Å². The van der Waals surface area contributed by atoms with Crippen LogP contribution >= 0.6 is 11.6 Å². The number of fused-ring (bicyclic) bond motifs is 1. The summed E-state index contributed by atoms with van der Waals surface area (Å²) in [6, 6.07) is 15.7. The van der Waals surface area contributed by atoms with E-state index in [9.17, 15) is 10.1 Å². The van der Waals surface area contributed by atoms with E-state index in [1.165, 1.54) is 30.2 Å². The molecule has 2 aromatic rings. The maximum atomic E-state index is 12.5. The Hall–Kier alpha value is -2.77. The van der Waals surface area contributed by atoms with Crippen LogP contribution in [0.25, 0.3) is 0 Å². The Morgan fingerprint density at radius 2 is 1.96 bits per heavy atom. The summed E-state index contributed by atoms with van der Waals surface area (Å²) in [5.74, 6) is -0.389. The lowest BCUT2D eigenvalue weighted by atomic mass is 9.89. The minimum Gasteiger partial charge on any atom is -0.386 e. The van der Waals surface area contributed by atoms with Crippen molar-refractivity contribution >= 4 is 17.5 Å². The van der Waals surface area contributed by atoms with E-state index in [2.05, 4.69) is 28.8 Å². The third-order valence-electron chi connectivity index (χ3n) is 5.08. The zero-order valence-electron chi connectivity index (χ0n) is 16.0. The van der Waals surface area contributed by atoms with Crippen LogP contribution in [0.1, 0.15) is 48.1 Å². The fourth-order valence-corrected chi connectivity index (χ4v) is 3.64. The van der Waals surface area contributed by atoms with Gasteiger partial charge < -0.3 is 10.6 Å². The second kappa shape index (κ2) is 9.43. The van der Waals surface area contributed by atoms with Crippen LogP contribution in [0.15, 0.2) is 54.2 Å². The summed E-state index contributed by atoms with van der Waals surface area (Å²) in [6.45, 7) is 2.38. The molecule has 1 aliphatic carbocycles. The molecule has 0 saturated carbocycles. The summed E-state index contributed by atoms with van der Waals surface area (Å²) in [6.07, 6.45) is 6.14. The average Bonchev–Trinajstić information content (AvgIpc) is 2.72. The number of rotatable bonds is 6. The van der Waals surface area contributed by atoms with Gasteiger partial charge in [0.05, 0.1) is 6.04 Å². The van der Waals surface area contributed by atoms with Crippen molar-refractivity contribution in [3.05, 3.63) is 81.5 Å². The predicted octanol–water partition coefficient (Wildman–Crippen LogP) is 4.59. The molecule has 0 saturated heterocycles. The Labute approximate surface area is 171 Å². The number of nitrogens with zero attached hydrogens (tertiary/aromatic N) is 1. The van der Waals surface area contributed by atoms with Gasteiger partial charge >= 0.3 is 0 Å². The zero-order chi connectivity index (χ0) is 19.9. The lowest BCUT2D eigenvalue weighted by Gasteiger charge is -2.20. The summed E-state index contributed by atoms with van der Waals surface area (Å²) in [5.41, 5.74) is 4.80. The van der Waals surface area contributed by atoms with Crippen LogP contribution in [0.3, 0.4) is 0 Å². The van der Waals surface area contributed by atoms with Crippen LogP contribution in [0, 0.1) is 11.3 Å². The number of halogens is 1. The third kappa shape index (κ3) is 4.94. The van der Waals surface area contributed by atoms with Gasteiger partial charge in [-0.25, -0.2) is 0 Å². The van der Waals surface area contributed by atoms with Gasteiger partial charge in [0.15, 0.2) is 0 Å². The highest BCUT2D eigenvalue weighted by molar-refractivity contribution is 6.31. The van der Waals surface area contributed by atoms with Gasteiger partial charge in [0, 0.05) is 17.8 Å². The standard InChI is InChI=1S/C23H24ClN3O/c1-16(18-11-10-17-6-2-3-7-19(17)12-18)27-23(28)21(13-25)15-26-14-20-8-4-5-9-22(20)24/h4-5,8-12,15-16,26H,2-3,6-7,14H2,1H3,(H,27,28)/b21-15-. The molecule has 0 bridgehead atoms. The van der Waals surface area contributed by atoms with E-state index in [0.29, 0.717) is 11.6 Å². The molecule has 1 aliphatic rings. The molecule has 0 aromatic heterocycles. The Bertz CT molecular complexity index is 930. The second-order valence-corrected chi connectivity index (χ2v) is 7.48. The molecule has 3 rings (SSSR count). The Balaban J connectivity index is 1.61. The largest absolute Gasteiger partial charge is 0.386 e. The van der Waals surface area contributed by atoms with Crippen LogP contribution in [0.2, 0.25) is 5.02 Å². The summed E-state index contributed by atoms with van der Waals surface area (Å²) in [5, 5.41) is 15.9. The average molecular weight is 394 g/mol. The quantitative estimate of drug-likeness (QED) is 0.557. The molecule has 0 aliphatic heterocycles. The highest BCUT2D eigenvalue weighted by Gasteiger charge is 2.16. The smallest absolute Gasteiger partial charge is 0.263 e. The first kappa shape index (κ1) is 20.0. The first-order chi connectivity index (χ1) is 13.6. The molecule has 28 heavy (non-hydrogen) atoms. The first-order valence-corrected chi connectivity index (χ1v) is 9.96. The van der Waals surface area contributed by atoms with Crippen molar-refractivity contribution in [1.82, 2.24) is 10.6 Å². The molecule has 2 aromatic carbocycles. The zero-order valence-corrected chi connectivity index (χ0v) is 16.7. The van der Waals surface area contributed by atoms with Gasteiger partial charge in [0.2, 0.25) is 0 Å². The van der Waals surface area contributed by atoms with Crippen LogP contribution < -0.4 is 10.6 Å². The van der Waals surface area contributed by atoms with Gasteiger partial charge in [-0.2, -0.15) is 5.26 Å². The molecule has 0 heterocycles. The molecule has 0 fully saturated rings. The Morgan fingerprint density at radius 1 is 1.21 bits per heavy atom. The van der Waals surface area contributed by atoms with Gasteiger partial charge in [0.25, 0.3) is 5.91 Å². The highest BCUT2D eigenvalue weighted by Crippen LogP contribution is 2.25. The van der Waals surface area contributed by atoms with Crippen molar-refractivity contribution in [2.45, 2.75) is 45.2 Å². The molecule has 4 nitrogen and oxygen atoms in total. The van der Waals surface area contributed by atoms with Crippen molar-refractivity contribution < 1.29 is 4.79 Å². The molecule has 0 spiro atoms. The second-order valence-electron chi connectivity index (χ2n) is 7.07. The van der Waals surface area contributed by atoms with Gasteiger partial charge in [-0.05, 0) is 60.9 Å². The summed E-state index contributed by atoms with van der Waals surface area (Å²) >= 11 is 6.12. The minimum absolute atomic E-state index is 0.0388. The van der Waals surface area contributed by atoms with Gasteiger partial charge in [0.1, 0.15) is 11.6 Å².